The number of carbonyl (C=O) groups is 2. The number of ketones is 2. The number of allylic oxidation sites excluding steroid dienone is 4. The lowest BCUT2D eigenvalue weighted by Gasteiger charge is -2.13. The van der Waals surface area contributed by atoms with Gasteiger partial charge in [0.25, 0.3) is 0 Å². The van der Waals surface area contributed by atoms with E-state index in [9.17, 15) is 9.59 Å². The van der Waals surface area contributed by atoms with Crippen LogP contribution >= 0.6 is 22.7 Å². The summed E-state index contributed by atoms with van der Waals surface area (Å²) in [6.45, 7) is 0. The average Bonchev–Trinajstić information content (AvgIpc) is 3.53. The molecule has 4 nitrogen and oxygen atoms in total. The molecule has 2 aromatic heterocycles. The van der Waals surface area contributed by atoms with Crippen LogP contribution < -0.4 is 0 Å². The van der Waals surface area contributed by atoms with Crippen molar-refractivity contribution < 1.29 is 9.59 Å². The molecule has 0 aliphatic heterocycles. The van der Waals surface area contributed by atoms with E-state index >= 15 is 0 Å². The molecule has 0 aromatic carbocycles. The molecule has 6 heteroatoms. The average molecular weight is 465 g/mol. The lowest BCUT2D eigenvalue weighted by atomic mass is 9.93. The van der Waals surface area contributed by atoms with Gasteiger partial charge in [0.15, 0.2) is 0 Å². The lowest BCUT2D eigenvalue weighted by molar-refractivity contribution is -0.109. The van der Waals surface area contributed by atoms with Gasteiger partial charge in [0.2, 0.25) is 11.6 Å². The first-order valence-corrected chi connectivity index (χ1v) is 13.3. The van der Waals surface area contributed by atoms with Gasteiger partial charge in [-0.2, -0.15) is 22.7 Å². The van der Waals surface area contributed by atoms with E-state index in [0.29, 0.717) is 11.4 Å². The van der Waals surface area contributed by atoms with Crippen LogP contribution in [0.3, 0.4) is 0 Å². The minimum absolute atomic E-state index is 0.133. The number of hydrogen-bond acceptors (Lipinski definition) is 6. The number of rotatable bonds is 7. The van der Waals surface area contributed by atoms with Gasteiger partial charge in [-0.05, 0) is 86.4 Å². The Labute approximate surface area is 197 Å². The number of thiophene rings is 2. The molecular weight excluding hydrogens is 436 g/mol. The zero-order valence-electron chi connectivity index (χ0n) is 18.2. The maximum absolute atomic E-state index is 13.1. The van der Waals surface area contributed by atoms with Crippen LogP contribution in [0.2, 0.25) is 0 Å². The van der Waals surface area contributed by atoms with Gasteiger partial charge in [0.05, 0.1) is 0 Å². The predicted molar refractivity (Wildman–Crippen MR) is 134 cm³/mol. The molecule has 2 fully saturated rings. The number of hydrogen-bond donors (Lipinski definition) is 0. The van der Waals surface area contributed by atoms with Crippen molar-refractivity contribution in [2.45, 2.75) is 64.2 Å². The summed E-state index contributed by atoms with van der Waals surface area (Å²) in [5, 5.41) is 16.4. The molecule has 0 spiro atoms. The fourth-order valence-electron chi connectivity index (χ4n) is 4.20. The van der Waals surface area contributed by atoms with Crippen LogP contribution in [0.4, 0.5) is 0 Å². The molecule has 0 amide bonds. The molecular formula is C26H28N2O2S2. The highest BCUT2D eigenvalue weighted by molar-refractivity contribution is 7.08. The topological polar surface area (TPSA) is 58.9 Å². The Morgan fingerprint density at radius 2 is 1.06 bits per heavy atom. The fraction of sp³-hybridized carbons (Fsp3) is 0.385. The molecule has 2 saturated carbocycles. The van der Waals surface area contributed by atoms with Gasteiger partial charge >= 0.3 is 0 Å². The normalized spacial score (nSPS) is 17.9. The van der Waals surface area contributed by atoms with E-state index in [2.05, 4.69) is 10.2 Å². The minimum atomic E-state index is -0.133. The number of nitrogens with zero attached hydrogens (tertiary/aromatic N) is 2. The molecule has 0 N–H and O–H groups in total. The molecule has 0 atom stereocenters. The van der Waals surface area contributed by atoms with Crippen LogP contribution in [-0.4, -0.2) is 23.0 Å². The monoisotopic (exact) mass is 464 g/mol. The highest BCUT2D eigenvalue weighted by Crippen LogP contribution is 2.24. The summed E-state index contributed by atoms with van der Waals surface area (Å²) in [7, 11) is 0. The molecule has 0 unspecified atom stereocenters. The molecule has 166 valence electrons. The Morgan fingerprint density at radius 1 is 0.656 bits per heavy atom. The predicted octanol–water partition coefficient (Wildman–Crippen LogP) is 6.92. The van der Waals surface area contributed by atoms with Crippen molar-refractivity contribution in [1.82, 2.24) is 0 Å². The standard InChI is InChI=1S/C26H28N2O2S2/c29-23(15-19-7-3-1-4-8-19)25(21-11-13-31-17-21)27-28-26(22-12-14-32-18-22)24(30)16-20-9-5-2-6-10-20/h11-18H,1-10H2/b27-25-,28-26-. The third-order valence-corrected chi connectivity index (χ3v) is 7.33. The summed E-state index contributed by atoms with van der Waals surface area (Å²) in [5.74, 6) is -0.265. The molecule has 0 saturated heterocycles. The Morgan fingerprint density at radius 3 is 1.41 bits per heavy atom. The molecule has 2 heterocycles. The Kier molecular flexibility index (Phi) is 8.13. The smallest absolute Gasteiger partial charge is 0.206 e. The van der Waals surface area contributed by atoms with Crippen LogP contribution in [0, 0.1) is 0 Å². The Hall–Kier alpha value is -2.44. The van der Waals surface area contributed by atoms with E-state index in [0.717, 1.165) is 62.5 Å². The van der Waals surface area contributed by atoms with Crippen molar-refractivity contribution in [3.05, 3.63) is 68.1 Å². The van der Waals surface area contributed by atoms with E-state index < -0.39 is 0 Å². The molecule has 2 aliphatic carbocycles. The van der Waals surface area contributed by atoms with Gasteiger partial charge < -0.3 is 0 Å². The second-order valence-corrected chi connectivity index (χ2v) is 9.94. The quantitative estimate of drug-likeness (QED) is 0.254. The van der Waals surface area contributed by atoms with E-state index in [1.165, 1.54) is 46.7 Å². The van der Waals surface area contributed by atoms with Crippen molar-refractivity contribution in [2.75, 3.05) is 0 Å². The fourth-order valence-corrected chi connectivity index (χ4v) is 5.49. The van der Waals surface area contributed by atoms with E-state index in [1.807, 2.05) is 33.7 Å². The third kappa shape index (κ3) is 6.08. The highest BCUT2D eigenvalue weighted by atomic mass is 32.1. The minimum Gasteiger partial charge on any atom is -0.287 e. The summed E-state index contributed by atoms with van der Waals surface area (Å²) >= 11 is 3.03. The molecule has 2 aliphatic rings. The van der Waals surface area contributed by atoms with Crippen molar-refractivity contribution in [3.63, 3.8) is 0 Å². The second-order valence-electron chi connectivity index (χ2n) is 8.38. The second kappa shape index (κ2) is 11.4. The molecule has 0 bridgehead atoms. The maximum atomic E-state index is 13.1. The van der Waals surface area contributed by atoms with Crippen LogP contribution in [0.25, 0.3) is 0 Å². The first-order chi connectivity index (χ1) is 15.7. The van der Waals surface area contributed by atoms with Gasteiger partial charge in [-0.3, -0.25) is 9.59 Å². The summed E-state index contributed by atoms with van der Waals surface area (Å²) in [5.41, 5.74) is 4.47. The summed E-state index contributed by atoms with van der Waals surface area (Å²) < 4.78 is 0. The zero-order chi connectivity index (χ0) is 22.2. The maximum Gasteiger partial charge on any atom is 0.206 e. The van der Waals surface area contributed by atoms with E-state index in [1.54, 1.807) is 12.2 Å². The van der Waals surface area contributed by atoms with E-state index in [4.69, 9.17) is 0 Å². The lowest BCUT2D eigenvalue weighted by Crippen LogP contribution is -2.16. The molecule has 0 radical (unpaired) electrons. The van der Waals surface area contributed by atoms with E-state index in [-0.39, 0.29) is 11.6 Å². The number of carbonyl (C=O) groups excluding carboxylic acids is 2. The van der Waals surface area contributed by atoms with Crippen LogP contribution in [0.15, 0.2) is 67.2 Å². The van der Waals surface area contributed by atoms with Crippen molar-refractivity contribution in [1.29, 1.82) is 0 Å². The van der Waals surface area contributed by atoms with Gasteiger partial charge in [-0.1, -0.05) is 24.0 Å². The van der Waals surface area contributed by atoms with Crippen molar-refractivity contribution >= 4 is 45.7 Å². The van der Waals surface area contributed by atoms with Gasteiger partial charge in [-0.25, -0.2) is 0 Å². The largest absolute Gasteiger partial charge is 0.287 e. The summed E-state index contributed by atoms with van der Waals surface area (Å²) in [6, 6.07) is 3.76. The summed E-state index contributed by atoms with van der Waals surface area (Å²) in [6.07, 6.45) is 14.3. The zero-order valence-corrected chi connectivity index (χ0v) is 19.9. The first-order valence-electron chi connectivity index (χ1n) is 11.4. The SMILES string of the molecule is O=C(C=C1CCCCC1)/C(=N\N=C(/C(=O)C=C1CCCCC1)c1ccsc1)c1ccsc1. The molecule has 4 rings (SSSR count). The Bertz CT molecular complexity index is 955. The van der Waals surface area contributed by atoms with Crippen LogP contribution in [0.1, 0.15) is 75.3 Å². The molecule has 32 heavy (non-hydrogen) atoms. The van der Waals surface area contributed by atoms with Gasteiger partial charge in [0, 0.05) is 21.9 Å². The third-order valence-electron chi connectivity index (χ3n) is 5.97. The van der Waals surface area contributed by atoms with Gasteiger partial charge in [0.1, 0.15) is 11.4 Å². The van der Waals surface area contributed by atoms with Crippen molar-refractivity contribution in [3.8, 4) is 0 Å². The van der Waals surface area contributed by atoms with Crippen LogP contribution in [0.5, 0.6) is 0 Å². The summed E-state index contributed by atoms with van der Waals surface area (Å²) in [4.78, 5) is 26.3. The Balaban J connectivity index is 1.68. The highest BCUT2D eigenvalue weighted by Gasteiger charge is 2.18. The van der Waals surface area contributed by atoms with Gasteiger partial charge in [-0.15, -0.1) is 10.2 Å². The van der Waals surface area contributed by atoms with Crippen molar-refractivity contribution in [2.24, 2.45) is 10.2 Å². The van der Waals surface area contributed by atoms with Crippen LogP contribution in [-0.2, 0) is 9.59 Å². The first kappa shape index (κ1) is 22.7. The molecule has 2 aromatic rings.